The van der Waals surface area contributed by atoms with Crippen LogP contribution in [-0.4, -0.2) is 58.6 Å². The highest BCUT2D eigenvalue weighted by molar-refractivity contribution is 5.95. The second-order valence-corrected chi connectivity index (χ2v) is 8.08. The summed E-state index contributed by atoms with van der Waals surface area (Å²) in [7, 11) is 1.25. The Kier molecular flexibility index (Phi) is 6.21. The molecule has 2 fully saturated rings. The van der Waals surface area contributed by atoms with Crippen LogP contribution in [-0.2, 0) is 4.74 Å². The molecule has 0 spiro atoms. The van der Waals surface area contributed by atoms with E-state index in [4.69, 9.17) is 26.2 Å². The molecule has 2 aromatic heterocycles. The maximum absolute atomic E-state index is 12.1. The largest absolute Gasteiger partial charge is 0.463 e. The zero-order valence-electron chi connectivity index (χ0n) is 18.1. The molecular weight excluding hydrogens is 428 g/mol. The van der Waals surface area contributed by atoms with Crippen LogP contribution in [0.4, 0.5) is 11.6 Å². The van der Waals surface area contributed by atoms with Gasteiger partial charge in [-0.15, -0.1) is 0 Å². The Balaban J connectivity index is 1.47. The lowest BCUT2D eigenvalue weighted by Gasteiger charge is -2.32. The van der Waals surface area contributed by atoms with Crippen LogP contribution in [0, 0.1) is 23.2 Å². The summed E-state index contributed by atoms with van der Waals surface area (Å²) in [6.45, 7) is 1.48. The van der Waals surface area contributed by atoms with Gasteiger partial charge in [-0.3, -0.25) is 4.79 Å². The van der Waals surface area contributed by atoms with Crippen LogP contribution >= 0.6 is 0 Å². The van der Waals surface area contributed by atoms with Crippen molar-refractivity contribution in [3.8, 4) is 12.1 Å². The van der Waals surface area contributed by atoms with Gasteiger partial charge in [0.25, 0.3) is 5.91 Å². The van der Waals surface area contributed by atoms with Crippen LogP contribution in [0.15, 0.2) is 12.1 Å². The fraction of sp³-hybridized carbons (Fsp3) is 0.476. The zero-order chi connectivity index (χ0) is 23.5. The second-order valence-electron chi connectivity index (χ2n) is 8.08. The van der Waals surface area contributed by atoms with Crippen molar-refractivity contribution < 1.29 is 19.1 Å². The van der Waals surface area contributed by atoms with Gasteiger partial charge in [0.15, 0.2) is 5.69 Å². The summed E-state index contributed by atoms with van der Waals surface area (Å²) in [6.07, 6.45) is 2.22. The minimum Gasteiger partial charge on any atom is -0.463 e. The molecule has 1 amide bonds. The third-order valence-corrected chi connectivity index (χ3v) is 5.86. The molecule has 0 aromatic carbocycles. The monoisotopic (exact) mass is 452 g/mol. The first-order chi connectivity index (χ1) is 15.9. The molecule has 2 aliphatic rings. The van der Waals surface area contributed by atoms with Crippen molar-refractivity contribution in [2.24, 2.45) is 17.6 Å². The number of esters is 1. The van der Waals surface area contributed by atoms with Gasteiger partial charge in [-0.05, 0) is 31.4 Å². The summed E-state index contributed by atoms with van der Waals surface area (Å²) in [5.41, 5.74) is 12.2. The number of anilines is 2. The van der Waals surface area contributed by atoms with Gasteiger partial charge in [0, 0.05) is 30.6 Å². The molecule has 2 aromatic rings. The van der Waals surface area contributed by atoms with Crippen LogP contribution in [0.1, 0.15) is 52.0 Å². The Hall–Kier alpha value is -4.01. The number of nitrogen functional groups attached to an aromatic ring is 1. The Morgan fingerprint density at radius 1 is 1.21 bits per heavy atom. The van der Waals surface area contributed by atoms with E-state index in [-0.39, 0.29) is 41.0 Å². The molecule has 12 nitrogen and oxygen atoms in total. The number of primary amides is 1. The highest BCUT2D eigenvalue weighted by atomic mass is 16.5. The number of carbonyl (C=O) groups excluding carboxylic acids is 2. The van der Waals surface area contributed by atoms with Crippen molar-refractivity contribution in [1.29, 1.82) is 5.26 Å². The van der Waals surface area contributed by atoms with Gasteiger partial charge in [-0.25, -0.2) is 9.78 Å². The number of ether oxygens (including phenoxy) is 2. The number of hydrogen-bond acceptors (Lipinski definition) is 11. The van der Waals surface area contributed by atoms with Gasteiger partial charge in [0.2, 0.25) is 11.8 Å². The summed E-state index contributed by atoms with van der Waals surface area (Å²) >= 11 is 0. The first-order valence-corrected chi connectivity index (χ1v) is 10.6. The van der Waals surface area contributed by atoms with E-state index < -0.39 is 11.9 Å². The first kappa shape index (κ1) is 22.2. The summed E-state index contributed by atoms with van der Waals surface area (Å²) in [5, 5.41) is 8.95. The molecule has 0 unspecified atom stereocenters. The first-order valence-electron chi connectivity index (χ1n) is 10.6. The van der Waals surface area contributed by atoms with Gasteiger partial charge in [-0.1, -0.05) is 0 Å². The Bertz CT molecular complexity index is 1110. The van der Waals surface area contributed by atoms with Gasteiger partial charge >= 0.3 is 12.0 Å². The van der Waals surface area contributed by atoms with Crippen molar-refractivity contribution >= 4 is 23.5 Å². The molecule has 4 N–H and O–H groups in total. The number of hydrogen-bond donors (Lipinski definition) is 2. The molecule has 1 saturated carbocycles. The number of nitriles is 1. The number of aromatic nitrogens is 4. The maximum Gasteiger partial charge on any atom is 0.376 e. The number of nitrogens with two attached hydrogens (primary N) is 2. The lowest BCUT2D eigenvalue weighted by atomic mass is 9.93. The molecular formula is C21H24N8O4. The second kappa shape index (κ2) is 9.23. The van der Waals surface area contributed by atoms with E-state index in [1.54, 1.807) is 12.1 Å². The molecule has 33 heavy (non-hydrogen) atoms. The van der Waals surface area contributed by atoms with Crippen LogP contribution in [0.2, 0.25) is 0 Å². The molecule has 1 saturated heterocycles. The molecule has 1 aliphatic carbocycles. The number of methoxy groups -OCH3 is 1. The number of pyridine rings is 1. The number of nitrogens with zero attached hydrogens (tertiary/aromatic N) is 6. The van der Waals surface area contributed by atoms with E-state index in [1.807, 2.05) is 4.90 Å². The fourth-order valence-corrected chi connectivity index (χ4v) is 3.79. The topological polar surface area (TPSA) is 183 Å². The van der Waals surface area contributed by atoms with E-state index in [9.17, 15) is 9.59 Å². The predicted molar refractivity (Wildman–Crippen MR) is 115 cm³/mol. The fourth-order valence-electron chi connectivity index (χ4n) is 3.79. The summed E-state index contributed by atoms with van der Waals surface area (Å²) in [5.74, 6) is -0.937. The van der Waals surface area contributed by atoms with Gasteiger partial charge < -0.3 is 25.8 Å². The van der Waals surface area contributed by atoms with E-state index in [0.717, 1.165) is 25.0 Å². The predicted octanol–water partition coefficient (Wildman–Crippen LogP) is 0.657. The lowest BCUT2D eigenvalue weighted by Crippen LogP contribution is -2.35. The minimum absolute atomic E-state index is 0.0116. The summed E-state index contributed by atoms with van der Waals surface area (Å²) < 4.78 is 10.4. The quantitative estimate of drug-likeness (QED) is 0.562. The minimum atomic E-state index is -0.690. The van der Waals surface area contributed by atoms with Gasteiger partial charge in [0.1, 0.15) is 0 Å². The van der Waals surface area contributed by atoms with Crippen molar-refractivity contribution in [3.05, 3.63) is 29.3 Å². The third kappa shape index (κ3) is 4.92. The average molecular weight is 452 g/mol. The van der Waals surface area contributed by atoms with E-state index >= 15 is 0 Å². The van der Waals surface area contributed by atoms with Crippen molar-refractivity contribution in [2.75, 3.05) is 37.4 Å². The number of carbonyl (C=O) groups is 2. The van der Waals surface area contributed by atoms with Gasteiger partial charge in [0.05, 0.1) is 31.4 Å². The maximum atomic E-state index is 12.1. The lowest BCUT2D eigenvalue weighted by molar-refractivity contribution is 0.0584. The average Bonchev–Trinajstić information content (AvgIpc) is 3.61. The van der Waals surface area contributed by atoms with Crippen LogP contribution < -0.4 is 21.1 Å². The third-order valence-electron chi connectivity index (χ3n) is 5.86. The smallest absolute Gasteiger partial charge is 0.376 e. The van der Waals surface area contributed by atoms with E-state index in [0.29, 0.717) is 25.6 Å². The molecule has 3 heterocycles. The summed E-state index contributed by atoms with van der Waals surface area (Å²) in [4.78, 5) is 42.6. The van der Waals surface area contributed by atoms with E-state index in [2.05, 4.69) is 26.0 Å². The molecule has 12 heteroatoms. The molecule has 1 aliphatic heterocycles. The molecule has 172 valence electrons. The van der Waals surface area contributed by atoms with Crippen LogP contribution in [0.25, 0.3) is 0 Å². The SMILES string of the molecule is COC(=O)c1nc(OC[C@@H]2C[C@@H]2C#N)nc(N2CCC(c3ccc(N)c(C(N)=O)n3)CC2)n1. The summed E-state index contributed by atoms with van der Waals surface area (Å²) in [6, 6.07) is 5.68. The highest BCUT2D eigenvalue weighted by Crippen LogP contribution is 2.37. The normalized spacial score (nSPS) is 20.1. The zero-order valence-corrected chi connectivity index (χ0v) is 18.1. The van der Waals surface area contributed by atoms with Gasteiger partial charge in [-0.2, -0.15) is 20.2 Å². The highest BCUT2D eigenvalue weighted by Gasteiger charge is 2.38. The van der Waals surface area contributed by atoms with E-state index in [1.165, 1.54) is 7.11 Å². The molecule has 0 radical (unpaired) electrons. The number of amides is 1. The van der Waals surface area contributed by atoms with Crippen molar-refractivity contribution in [1.82, 2.24) is 19.9 Å². The van der Waals surface area contributed by atoms with Crippen LogP contribution in [0.3, 0.4) is 0 Å². The van der Waals surface area contributed by atoms with Crippen molar-refractivity contribution in [3.63, 3.8) is 0 Å². The van der Waals surface area contributed by atoms with Crippen LogP contribution in [0.5, 0.6) is 6.01 Å². The van der Waals surface area contributed by atoms with Crippen molar-refractivity contribution in [2.45, 2.75) is 25.2 Å². The molecule has 4 rings (SSSR count). The number of rotatable bonds is 7. The number of piperidine rings is 1. The standard InChI is InChI=1S/C21H24N8O4/c1-32-19(31)18-26-20(28-21(27-18)33-10-13-8-12(13)9-22)29-6-4-11(5-7-29)15-3-2-14(23)16(25-15)17(24)30/h2-3,11-13H,4-8,10,23H2,1H3,(H2,24,30)/t12-,13+/m1/s1. The Labute approximate surface area is 189 Å². The molecule has 0 bridgehead atoms. The molecule has 2 atom stereocenters. The Morgan fingerprint density at radius 2 is 1.97 bits per heavy atom. The Morgan fingerprint density at radius 3 is 2.61 bits per heavy atom.